The monoisotopic (exact) mass is 570 g/mol. The van der Waals surface area contributed by atoms with Gasteiger partial charge in [0.05, 0.1) is 44.8 Å². The lowest BCUT2D eigenvalue weighted by Gasteiger charge is -2.14. The second kappa shape index (κ2) is 10.8. The van der Waals surface area contributed by atoms with Gasteiger partial charge in [-0.3, -0.25) is 0 Å². The number of allylic oxidation sites excluding steroid dienone is 2. The van der Waals surface area contributed by atoms with Crippen molar-refractivity contribution in [1.29, 1.82) is 0 Å². The van der Waals surface area contributed by atoms with Gasteiger partial charge in [0.2, 0.25) is 0 Å². The molecule has 3 aromatic carbocycles. The molecule has 4 nitrogen and oxygen atoms in total. The van der Waals surface area contributed by atoms with Crippen LogP contribution in [0.1, 0.15) is 47.5 Å². The molecule has 214 valence electrons. The molecule has 4 heterocycles. The highest BCUT2D eigenvalue weighted by atomic mass is 14.8. The van der Waals surface area contributed by atoms with Gasteiger partial charge in [0.15, 0.2) is 0 Å². The Morgan fingerprint density at radius 2 is 0.841 bits per heavy atom. The van der Waals surface area contributed by atoms with Crippen LogP contribution in [0.5, 0.6) is 0 Å². The largest absolute Gasteiger partial charge is 0.246 e. The highest BCUT2D eigenvalue weighted by Crippen LogP contribution is 2.35. The van der Waals surface area contributed by atoms with E-state index < -0.39 is 0 Å². The fraction of sp³-hybridized carbons (Fsp3) is 0.150. The lowest BCUT2D eigenvalue weighted by atomic mass is 9.95. The van der Waals surface area contributed by atoms with Crippen LogP contribution in [0.25, 0.3) is 78.3 Å². The van der Waals surface area contributed by atoms with Crippen LogP contribution in [0.2, 0.25) is 0 Å². The predicted molar refractivity (Wildman–Crippen MR) is 187 cm³/mol. The van der Waals surface area contributed by atoms with Crippen LogP contribution in [-0.2, 0) is 0 Å². The zero-order valence-corrected chi connectivity index (χ0v) is 26.0. The van der Waals surface area contributed by atoms with Gasteiger partial charge in [0, 0.05) is 32.7 Å². The molecular weight excluding hydrogens is 536 g/mol. The summed E-state index contributed by atoms with van der Waals surface area (Å²) in [5.41, 5.74) is 14.5. The van der Waals surface area contributed by atoms with Gasteiger partial charge >= 0.3 is 0 Å². The van der Waals surface area contributed by atoms with Gasteiger partial charge in [-0.1, -0.05) is 48.6 Å². The molecule has 0 atom stereocenters. The Labute approximate surface area is 257 Å². The molecule has 4 heteroatoms. The molecular formula is C40H34N4. The third-order valence-corrected chi connectivity index (χ3v) is 8.53. The molecule has 0 N–H and O–H groups in total. The molecule has 0 spiro atoms. The molecule has 0 unspecified atom stereocenters. The van der Waals surface area contributed by atoms with E-state index in [0.29, 0.717) is 0 Å². The minimum Gasteiger partial charge on any atom is -0.246 e. The van der Waals surface area contributed by atoms with Crippen molar-refractivity contribution in [3.8, 4) is 22.5 Å². The maximum Gasteiger partial charge on any atom is 0.0974 e. The SMILES string of the molecule is C/C=C/c1cc(C)c2ccc3ccc(-c4cc(C)c(-c5ccc6ccc7c(C)cc(/C=C/C)nc7c6n5)cc4C)nc3c2n1. The third kappa shape index (κ3) is 4.64. The topological polar surface area (TPSA) is 51.6 Å². The molecule has 4 aromatic heterocycles. The van der Waals surface area contributed by atoms with Crippen molar-refractivity contribution in [3.63, 3.8) is 0 Å². The van der Waals surface area contributed by atoms with Crippen molar-refractivity contribution < 1.29 is 0 Å². The van der Waals surface area contributed by atoms with Crippen LogP contribution in [-0.4, -0.2) is 19.9 Å². The second-order valence-electron chi connectivity index (χ2n) is 11.7. The second-order valence-corrected chi connectivity index (χ2v) is 11.7. The van der Waals surface area contributed by atoms with Gasteiger partial charge in [0.25, 0.3) is 0 Å². The molecule has 0 radical (unpaired) electrons. The van der Waals surface area contributed by atoms with Crippen molar-refractivity contribution >= 4 is 55.8 Å². The number of benzene rings is 3. The van der Waals surface area contributed by atoms with Crippen LogP contribution in [0.15, 0.2) is 84.9 Å². The van der Waals surface area contributed by atoms with Gasteiger partial charge in [-0.2, -0.15) is 0 Å². The van der Waals surface area contributed by atoms with Gasteiger partial charge in [0.1, 0.15) is 0 Å². The van der Waals surface area contributed by atoms with E-state index in [-0.39, 0.29) is 0 Å². The van der Waals surface area contributed by atoms with Gasteiger partial charge in [-0.25, -0.2) is 19.9 Å². The first-order chi connectivity index (χ1) is 21.3. The molecule has 0 saturated carbocycles. The first-order valence-electron chi connectivity index (χ1n) is 15.1. The van der Waals surface area contributed by atoms with E-state index in [4.69, 9.17) is 19.9 Å². The van der Waals surface area contributed by atoms with E-state index in [1.165, 1.54) is 11.1 Å². The van der Waals surface area contributed by atoms with Crippen LogP contribution in [0.3, 0.4) is 0 Å². The summed E-state index contributed by atoms with van der Waals surface area (Å²) in [4.78, 5) is 20.4. The highest BCUT2D eigenvalue weighted by Gasteiger charge is 2.15. The number of pyridine rings is 4. The maximum atomic E-state index is 5.21. The summed E-state index contributed by atoms with van der Waals surface area (Å²) in [6.07, 6.45) is 8.14. The molecule has 0 amide bonds. The number of aromatic nitrogens is 4. The van der Waals surface area contributed by atoms with Crippen molar-refractivity contribution in [2.45, 2.75) is 41.5 Å². The first-order valence-corrected chi connectivity index (χ1v) is 15.1. The standard InChI is InChI=1S/C40H34N4/c1-7-9-29-19-23(3)31-15-11-27-13-17-35(43-37(27)39(31)41-29)33-21-26(6)34(22-25(33)5)36-18-14-28-12-16-32-24(4)20-30(10-8-2)42-40(32)38(28)44-36/h7-22H,1-6H3/b9-7+,10-8+. The Bertz CT molecular complexity index is 2180. The third-order valence-electron chi connectivity index (χ3n) is 8.53. The number of hydrogen-bond acceptors (Lipinski definition) is 4. The number of rotatable bonds is 4. The lowest BCUT2D eigenvalue weighted by Crippen LogP contribution is -1.96. The van der Waals surface area contributed by atoms with Crippen molar-refractivity contribution in [3.05, 3.63) is 119 Å². The van der Waals surface area contributed by atoms with Gasteiger partial charge in [-0.15, -0.1) is 0 Å². The molecule has 0 fully saturated rings. The Morgan fingerprint density at radius 1 is 0.432 bits per heavy atom. The smallest absolute Gasteiger partial charge is 0.0974 e. The van der Waals surface area contributed by atoms with Crippen LogP contribution in [0.4, 0.5) is 0 Å². The van der Waals surface area contributed by atoms with E-state index in [9.17, 15) is 0 Å². The fourth-order valence-corrected chi connectivity index (χ4v) is 6.31. The Balaban J connectivity index is 1.37. The molecule has 0 aliphatic carbocycles. The molecule has 0 bridgehead atoms. The molecule has 0 saturated heterocycles. The van der Waals surface area contributed by atoms with Crippen molar-refractivity contribution in [2.75, 3.05) is 0 Å². The highest BCUT2D eigenvalue weighted by molar-refractivity contribution is 6.06. The lowest BCUT2D eigenvalue weighted by molar-refractivity contribution is 1.29. The minimum absolute atomic E-state index is 0.929. The summed E-state index contributed by atoms with van der Waals surface area (Å²) in [5.74, 6) is 0. The molecule has 0 aliphatic rings. The minimum atomic E-state index is 0.929. The summed E-state index contributed by atoms with van der Waals surface area (Å²) < 4.78 is 0. The number of fused-ring (bicyclic) bond motifs is 6. The normalized spacial score (nSPS) is 12.1. The molecule has 44 heavy (non-hydrogen) atoms. The number of hydrogen-bond donors (Lipinski definition) is 0. The average molecular weight is 571 g/mol. The Kier molecular flexibility index (Phi) is 6.78. The summed E-state index contributed by atoms with van der Waals surface area (Å²) >= 11 is 0. The summed E-state index contributed by atoms with van der Waals surface area (Å²) in [6.45, 7) is 12.6. The van der Waals surface area contributed by atoms with Crippen molar-refractivity contribution in [2.24, 2.45) is 0 Å². The number of nitrogens with zero attached hydrogens (tertiary/aromatic N) is 4. The van der Waals surface area contributed by atoms with E-state index in [2.05, 4.69) is 100 Å². The maximum absolute atomic E-state index is 5.21. The Hall–Kier alpha value is -5.22. The van der Waals surface area contributed by atoms with Crippen LogP contribution in [0, 0.1) is 27.7 Å². The van der Waals surface area contributed by atoms with Crippen LogP contribution >= 0.6 is 0 Å². The predicted octanol–water partition coefficient (Wildman–Crippen LogP) is 10.5. The molecule has 7 rings (SSSR count). The Morgan fingerprint density at radius 3 is 1.25 bits per heavy atom. The average Bonchev–Trinajstić information content (AvgIpc) is 3.02. The summed E-state index contributed by atoms with van der Waals surface area (Å²) in [5, 5.41) is 4.45. The van der Waals surface area contributed by atoms with E-state index in [0.717, 1.165) is 88.6 Å². The van der Waals surface area contributed by atoms with E-state index in [1.54, 1.807) is 0 Å². The summed E-state index contributed by atoms with van der Waals surface area (Å²) in [6, 6.07) is 25.9. The van der Waals surface area contributed by atoms with Crippen LogP contribution < -0.4 is 0 Å². The molecule has 0 aliphatic heterocycles. The van der Waals surface area contributed by atoms with E-state index >= 15 is 0 Å². The fourth-order valence-electron chi connectivity index (χ4n) is 6.31. The van der Waals surface area contributed by atoms with Gasteiger partial charge < -0.3 is 0 Å². The zero-order chi connectivity index (χ0) is 30.5. The first kappa shape index (κ1) is 27.6. The number of aryl methyl sites for hydroxylation is 4. The quantitative estimate of drug-likeness (QED) is 0.198. The van der Waals surface area contributed by atoms with Crippen molar-refractivity contribution in [1.82, 2.24) is 19.9 Å². The summed E-state index contributed by atoms with van der Waals surface area (Å²) in [7, 11) is 0. The van der Waals surface area contributed by atoms with Gasteiger partial charge in [-0.05, 0) is 112 Å². The zero-order valence-electron chi connectivity index (χ0n) is 26.0. The van der Waals surface area contributed by atoms with E-state index in [1.807, 2.05) is 38.2 Å². The molecule has 7 aromatic rings.